The third kappa shape index (κ3) is 8.04. The lowest BCUT2D eigenvalue weighted by Crippen LogP contribution is -2.42. The Balaban J connectivity index is 1.10. The third-order valence-electron chi connectivity index (χ3n) is 7.41. The normalized spacial score (nSPS) is 16.5. The van der Waals surface area contributed by atoms with Crippen LogP contribution in [0.15, 0.2) is 16.3 Å². The molecule has 0 aromatic carbocycles. The number of guanidine groups is 2. The first-order valence-electron chi connectivity index (χ1n) is 14.5. The molecular weight excluding hydrogens is 669 g/mol. The third-order valence-corrected chi connectivity index (χ3v) is 7.96. The van der Waals surface area contributed by atoms with Gasteiger partial charge in [0.15, 0.2) is 56.9 Å². The molecule has 23 heteroatoms. The first-order chi connectivity index (χ1) is 22.9. The van der Waals surface area contributed by atoms with Gasteiger partial charge in [-0.3, -0.25) is 20.2 Å². The number of aromatic nitrogens is 7. The molecule has 0 radical (unpaired) electrons. The zero-order valence-electron chi connectivity index (χ0n) is 25.3. The highest BCUT2D eigenvalue weighted by Gasteiger charge is 2.26. The highest BCUT2D eigenvalue weighted by atomic mass is 35.5. The average Bonchev–Trinajstić information content (AvgIpc) is 3.05. The van der Waals surface area contributed by atoms with Crippen molar-refractivity contribution >= 4 is 82.1 Å². The van der Waals surface area contributed by atoms with Crippen molar-refractivity contribution in [1.82, 2.24) is 45.5 Å². The predicted octanol–water partition coefficient (Wildman–Crippen LogP) is -1.49. The van der Waals surface area contributed by atoms with Gasteiger partial charge in [-0.1, -0.05) is 23.2 Å². The second-order valence-electron chi connectivity index (χ2n) is 10.7. The van der Waals surface area contributed by atoms with Crippen LogP contribution >= 0.6 is 23.2 Å². The topological polar surface area (TPSA) is 336 Å². The van der Waals surface area contributed by atoms with Crippen molar-refractivity contribution in [2.24, 2.45) is 21.5 Å². The minimum Gasteiger partial charge on any atom is -0.382 e. The molecule has 2 saturated heterocycles. The van der Waals surface area contributed by atoms with Crippen LogP contribution in [-0.2, 0) is 0 Å². The van der Waals surface area contributed by atoms with Crippen LogP contribution in [0.4, 0.5) is 35.2 Å². The number of nitrogen functional groups attached to an aromatic ring is 4. The molecule has 0 atom stereocenters. The molecule has 0 aliphatic carbocycles. The summed E-state index contributed by atoms with van der Waals surface area (Å²) < 4.78 is 0. The molecule has 48 heavy (non-hydrogen) atoms. The number of halogens is 2. The molecule has 21 nitrogen and oxygen atoms in total. The molecular formula is C25H33Cl2N19O2. The van der Waals surface area contributed by atoms with Gasteiger partial charge in [0.1, 0.15) is 6.33 Å². The van der Waals surface area contributed by atoms with E-state index >= 15 is 0 Å². The Morgan fingerprint density at radius 2 is 1.02 bits per heavy atom. The van der Waals surface area contributed by atoms with E-state index in [0.29, 0.717) is 63.8 Å². The van der Waals surface area contributed by atoms with Gasteiger partial charge in [-0.05, 0) is 25.7 Å². The van der Waals surface area contributed by atoms with Gasteiger partial charge >= 0.3 is 0 Å². The van der Waals surface area contributed by atoms with E-state index in [0.717, 1.165) is 0 Å². The molecule has 5 rings (SSSR count). The number of carbonyl (C=O) groups excluding carboxylic acids is 2. The summed E-state index contributed by atoms with van der Waals surface area (Å²) in [5, 5.41) is 4.62. The van der Waals surface area contributed by atoms with E-state index in [1.807, 2.05) is 9.80 Å². The van der Waals surface area contributed by atoms with Crippen LogP contribution in [0.1, 0.15) is 46.7 Å². The van der Waals surface area contributed by atoms with Crippen molar-refractivity contribution < 1.29 is 9.59 Å². The summed E-state index contributed by atoms with van der Waals surface area (Å²) >= 11 is 11.7. The standard InChI is InChI=1S/C25H33Cl2N19O2/c26-14-18(30)40-16(28)12(38-14)20(47)42-22(32)36-10-1-5-45(6-2-10)24-34-9-35-25(44-24)46-7-3-11(4-8-46)37-23(33)43-21(48)13-17(29)41-19(31)15(27)39-13/h9-11H,1-8H2,(H4,28,30,40)(H4,29,31,41)(H3,32,36,42,47)(H3,33,37,43,48). The smallest absolute Gasteiger partial charge is 0.280 e. The van der Waals surface area contributed by atoms with Crippen molar-refractivity contribution in [2.75, 3.05) is 58.9 Å². The maximum absolute atomic E-state index is 12.5. The van der Waals surface area contributed by atoms with Gasteiger partial charge in [0.25, 0.3) is 11.8 Å². The molecule has 0 saturated carbocycles. The van der Waals surface area contributed by atoms with Crippen LogP contribution in [0.25, 0.3) is 0 Å². The van der Waals surface area contributed by atoms with E-state index in [1.54, 1.807) is 0 Å². The molecule has 3 aromatic heterocycles. The quantitative estimate of drug-likeness (QED) is 0.107. The highest BCUT2D eigenvalue weighted by Crippen LogP contribution is 2.23. The summed E-state index contributed by atoms with van der Waals surface area (Å²) in [5.41, 5.74) is 34.1. The molecule has 0 unspecified atom stereocenters. The number of nitrogens with zero attached hydrogens (tertiary/aromatic N) is 11. The van der Waals surface area contributed by atoms with Gasteiger partial charge in [-0.25, -0.2) is 39.9 Å². The summed E-state index contributed by atoms with van der Waals surface area (Å²) in [6.45, 7) is 2.41. The number of amides is 2. The maximum atomic E-state index is 12.5. The van der Waals surface area contributed by atoms with Gasteiger partial charge in [-0.15, -0.1) is 0 Å². The molecule has 2 aliphatic rings. The Labute approximate surface area is 283 Å². The number of anilines is 6. The second-order valence-corrected chi connectivity index (χ2v) is 11.4. The number of carbonyl (C=O) groups is 2. The van der Waals surface area contributed by atoms with Crippen molar-refractivity contribution in [3.8, 4) is 0 Å². The van der Waals surface area contributed by atoms with E-state index in [9.17, 15) is 9.59 Å². The minimum absolute atomic E-state index is 0.0855. The predicted molar refractivity (Wildman–Crippen MR) is 180 cm³/mol. The first-order valence-corrected chi connectivity index (χ1v) is 15.3. The molecule has 5 heterocycles. The van der Waals surface area contributed by atoms with Gasteiger partial charge < -0.3 is 44.2 Å². The Morgan fingerprint density at radius 3 is 1.40 bits per heavy atom. The van der Waals surface area contributed by atoms with E-state index in [4.69, 9.17) is 57.6 Å². The van der Waals surface area contributed by atoms with Gasteiger partial charge in [-0.2, -0.15) is 4.98 Å². The van der Waals surface area contributed by atoms with Crippen LogP contribution in [-0.4, -0.2) is 96.9 Å². The monoisotopic (exact) mass is 701 g/mol. The largest absolute Gasteiger partial charge is 0.382 e. The number of aliphatic imine (C=N–C) groups is 2. The number of nitrogens with one attached hydrogen (secondary N) is 2. The zero-order chi connectivity index (χ0) is 34.5. The summed E-state index contributed by atoms with van der Waals surface area (Å²) in [6, 6.07) is -0.291. The Kier molecular flexibility index (Phi) is 10.2. The van der Waals surface area contributed by atoms with Gasteiger partial charge in [0, 0.05) is 26.2 Å². The number of piperidine rings is 2. The van der Waals surface area contributed by atoms with Crippen LogP contribution < -0.4 is 54.8 Å². The van der Waals surface area contributed by atoms with E-state index in [2.05, 4.69) is 55.5 Å². The average molecular weight is 703 g/mol. The van der Waals surface area contributed by atoms with Crippen LogP contribution in [0, 0.1) is 0 Å². The van der Waals surface area contributed by atoms with Crippen LogP contribution in [0.2, 0.25) is 10.3 Å². The number of hydrogen-bond acceptors (Lipinski definition) is 17. The van der Waals surface area contributed by atoms with Crippen molar-refractivity contribution in [1.29, 1.82) is 0 Å². The first kappa shape index (κ1) is 33.8. The highest BCUT2D eigenvalue weighted by molar-refractivity contribution is 6.32. The molecule has 2 fully saturated rings. The summed E-state index contributed by atoms with van der Waals surface area (Å²) in [7, 11) is 0. The fraction of sp³-hybridized carbons (Fsp3) is 0.400. The Morgan fingerprint density at radius 1 is 0.646 bits per heavy atom. The Bertz CT molecular complexity index is 1630. The van der Waals surface area contributed by atoms with E-state index < -0.39 is 11.8 Å². The fourth-order valence-corrected chi connectivity index (χ4v) is 5.25. The lowest BCUT2D eigenvalue weighted by atomic mass is 10.1. The van der Waals surface area contributed by atoms with Gasteiger partial charge in [0.05, 0.1) is 12.1 Å². The van der Waals surface area contributed by atoms with Crippen molar-refractivity contribution in [3.05, 3.63) is 28.0 Å². The zero-order valence-corrected chi connectivity index (χ0v) is 26.9. The summed E-state index contributed by atoms with van der Waals surface area (Å²) in [6.07, 6.45) is 4.03. The van der Waals surface area contributed by atoms with Crippen LogP contribution in [0.3, 0.4) is 0 Å². The number of hydrogen-bond donors (Lipinski definition) is 8. The van der Waals surface area contributed by atoms with Gasteiger partial charge in [0.2, 0.25) is 11.9 Å². The summed E-state index contributed by atoms with van der Waals surface area (Å²) in [4.78, 5) is 66.7. The molecule has 2 aliphatic heterocycles. The van der Waals surface area contributed by atoms with E-state index in [1.165, 1.54) is 6.33 Å². The summed E-state index contributed by atoms with van der Waals surface area (Å²) in [5.74, 6) is -1.04. The number of rotatable bonds is 6. The maximum Gasteiger partial charge on any atom is 0.280 e. The lowest BCUT2D eigenvalue weighted by Gasteiger charge is -2.32. The lowest BCUT2D eigenvalue weighted by molar-refractivity contribution is 0.0963. The number of nitrogens with two attached hydrogens (primary N) is 6. The minimum atomic E-state index is -0.703. The molecule has 14 N–H and O–H groups in total. The fourth-order valence-electron chi connectivity index (χ4n) is 5.00. The van der Waals surface area contributed by atoms with Crippen molar-refractivity contribution in [3.63, 3.8) is 0 Å². The molecule has 0 bridgehead atoms. The molecule has 0 spiro atoms. The Hall–Kier alpha value is -5.57. The molecule has 254 valence electrons. The molecule has 2 amide bonds. The molecule has 3 aromatic rings. The SMILES string of the molecule is NC(=NC1CCN(c2ncnc(N3CCC(N=C(N)NC(=O)c4nc(Cl)c(N)nc4N)CC3)n2)CC1)NC(=O)c1nc(Cl)c(N)nc1N. The second kappa shape index (κ2) is 14.5. The van der Waals surface area contributed by atoms with E-state index in [-0.39, 0.29) is 69.0 Å². The van der Waals surface area contributed by atoms with Crippen molar-refractivity contribution in [2.45, 2.75) is 37.8 Å². The van der Waals surface area contributed by atoms with Crippen LogP contribution in [0.5, 0.6) is 0 Å².